The van der Waals surface area contributed by atoms with Crippen molar-refractivity contribution in [2.45, 2.75) is 26.8 Å². The maximum atomic E-state index is 12.1. The minimum absolute atomic E-state index is 0.0412. The number of carbonyl (C=O) groups is 2. The molecule has 2 amide bonds. The topological polar surface area (TPSA) is 69.6 Å². The van der Waals surface area contributed by atoms with Crippen LogP contribution in [0.5, 0.6) is 0 Å². The van der Waals surface area contributed by atoms with Crippen molar-refractivity contribution in [3.05, 3.63) is 35.4 Å². The highest BCUT2D eigenvalue weighted by Crippen LogP contribution is 2.23. The van der Waals surface area contributed by atoms with Gasteiger partial charge in [-0.2, -0.15) is 0 Å². The van der Waals surface area contributed by atoms with E-state index in [1.54, 1.807) is 24.3 Å². The van der Waals surface area contributed by atoms with Crippen LogP contribution in [0.2, 0.25) is 0 Å². The molecule has 1 heterocycles. The van der Waals surface area contributed by atoms with Crippen LogP contribution in [0.1, 0.15) is 36.2 Å². The molecular formula is C16H22N2O3. The minimum atomic E-state index is -0.942. The lowest BCUT2D eigenvalue weighted by Gasteiger charge is -2.18. The molecule has 0 spiro atoms. The van der Waals surface area contributed by atoms with Crippen molar-refractivity contribution >= 4 is 12.0 Å². The molecule has 21 heavy (non-hydrogen) atoms. The van der Waals surface area contributed by atoms with E-state index in [1.807, 2.05) is 4.90 Å². The number of carboxylic acid groups (broad SMARTS) is 1. The number of likely N-dealkylation sites (tertiary alicyclic amines) is 1. The molecule has 1 atom stereocenters. The van der Waals surface area contributed by atoms with E-state index in [9.17, 15) is 9.59 Å². The third-order valence-electron chi connectivity index (χ3n) is 4.10. The van der Waals surface area contributed by atoms with E-state index in [2.05, 4.69) is 19.2 Å². The number of rotatable bonds is 4. The summed E-state index contributed by atoms with van der Waals surface area (Å²) in [7, 11) is 0. The molecule has 5 heteroatoms. The van der Waals surface area contributed by atoms with Gasteiger partial charge in [-0.05, 0) is 36.0 Å². The summed E-state index contributed by atoms with van der Waals surface area (Å²) in [5.41, 5.74) is 1.15. The van der Waals surface area contributed by atoms with Gasteiger partial charge in [-0.3, -0.25) is 0 Å². The summed E-state index contributed by atoms with van der Waals surface area (Å²) in [6.07, 6.45) is 1.07. The Bertz CT molecular complexity index is 511. The Morgan fingerprint density at radius 3 is 2.52 bits per heavy atom. The fraction of sp³-hybridized carbons (Fsp3) is 0.500. The Morgan fingerprint density at radius 2 is 2.00 bits per heavy atom. The number of aromatic carboxylic acids is 1. The lowest BCUT2D eigenvalue weighted by molar-refractivity contribution is 0.0697. The van der Waals surface area contributed by atoms with E-state index in [0.717, 1.165) is 25.1 Å². The van der Waals surface area contributed by atoms with Gasteiger partial charge in [-0.1, -0.05) is 26.0 Å². The van der Waals surface area contributed by atoms with Crippen molar-refractivity contribution in [2.24, 2.45) is 11.8 Å². The zero-order chi connectivity index (χ0) is 15.4. The SMILES string of the molecule is CC(C)C1CCN(C(=O)NCc2ccc(C(=O)O)cc2)C1. The summed E-state index contributed by atoms with van der Waals surface area (Å²) in [6.45, 7) is 6.43. The Morgan fingerprint density at radius 1 is 1.33 bits per heavy atom. The van der Waals surface area contributed by atoms with Crippen LogP contribution in [0.15, 0.2) is 24.3 Å². The van der Waals surface area contributed by atoms with E-state index in [0.29, 0.717) is 18.4 Å². The second-order valence-electron chi connectivity index (χ2n) is 5.90. The second kappa shape index (κ2) is 6.61. The zero-order valence-electron chi connectivity index (χ0n) is 12.5. The number of amides is 2. The zero-order valence-corrected chi connectivity index (χ0v) is 12.5. The fourth-order valence-corrected chi connectivity index (χ4v) is 2.57. The maximum absolute atomic E-state index is 12.1. The van der Waals surface area contributed by atoms with Gasteiger partial charge in [0.1, 0.15) is 0 Å². The van der Waals surface area contributed by atoms with Crippen LogP contribution in [0.3, 0.4) is 0 Å². The number of benzene rings is 1. The highest BCUT2D eigenvalue weighted by atomic mass is 16.4. The van der Waals surface area contributed by atoms with Crippen molar-refractivity contribution in [3.8, 4) is 0 Å². The number of urea groups is 1. The largest absolute Gasteiger partial charge is 0.478 e. The van der Waals surface area contributed by atoms with Gasteiger partial charge in [0.05, 0.1) is 5.56 Å². The number of nitrogens with zero attached hydrogens (tertiary/aromatic N) is 1. The van der Waals surface area contributed by atoms with Crippen LogP contribution in [0.4, 0.5) is 4.79 Å². The molecule has 1 unspecified atom stereocenters. The Balaban J connectivity index is 1.83. The number of carboxylic acids is 1. The van der Waals surface area contributed by atoms with Crippen molar-refractivity contribution in [1.82, 2.24) is 10.2 Å². The van der Waals surface area contributed by atoms with Crippen LogP contribution in [-0.2, 0) is 6.54 Å². The van der Waals surface area contributed by atoms with Crippen LogP contribution in [0, 0.1) is 11.8 Å². The van der Waals surface area contributed by atoms with Gasteiger partial charge in [0.15, 0.2) is 0 Å². The summed E-state index contributed by atoms with van der Waals surface area (Å²) in [6, 6.07) is 6.51. The van der Waals surface area contributed by atoms with E-state index in [4.69, 9.17) is 5.11 Å². The molecule has 114 valence electrons. The van der Waals surface area contributed by atoms with E-state index in [-0.39, 0.29) is 11.6 Å². The molecule has 0 radical (unpaired) electrons. The number of carbonyl (C=O) groups excluding carboxylic acids is 1. The van der Waals surface area contributed by atoms with Crippen LogP contribution < -0.4 is 5.32 Å². The summed E-state index contributed by atoms with van der Waals surface area (Å²) < 4.78 is 0. The summed E-state index contributed by atoms with van der Waals surface area (Å²) >= 11 is 0. The van der Waals surface area contributed by atoms with Gasteiger partial charge in [0.25, 0.3) is 0 Å². The third-order valence-corrected chi connectivity index (χ3v) is 4.10. The van der Waals surface area contributed by atoms with Gasteiger partial charge in [0.2, 0.25) is 0 Å². The monoisotopic (exact) mass is 290 g/mol. The van der Waals surface area contributed by atoms with Crippen LogP contribution in [0.25, 0.3) is 0 Å². The van der Waals surface area contributed by atoms with Crippen molar-refractivity contribution < 1.29 is 14.7 Å². The molecule has 0 aliphatic carbocycles. The highest BCUT2D eigenvalue weighted by Gasteiger charge is 2.27. The average Bonchev–Trinajstić information content (AvgIpc) is 2.95. The first-order valence-electron chi connectivity index (χ1n) is 7.32. The van der Waals surface area contributed by atoms with Gasteiger partial charge in [-0.25, -0.2) is 9.59 Å². The van der Waals surface area contributed by atoms with Crippen LogP contribution >= 0.6 is 0 Å². The molecular weight excluding hydrogens is 268 g/mol. The van der Waals surface area contributed by atoms with E-state index >= 15 is 0 Å². The van der Waals surface area contributed by atoms with Crippen molar-refractivity contribution in [2.75, 3.05) is 13.1 Å². The predicted octanol–water partition coefficient (Wildman–Crippen LogP) is 2.57. The summed E-state index contributed by atoms with van der Waals surface area (Å²) in [5.74, 6) is 0.249. The normalized spacial score (nSPS) is 18.0. The smallest absolute Gasteiger partial charge is 0.335 e. The number of hydrogen-bond acceptors (Lipinski definition) is 2. The molecule has 1 aromatic rings. The number of hydrogen-bond donors (Lipinski definition) is 2. The summed E-state index contributed by atoms with van der Waals surface area (Å²) in [4.78, 5) is 24.7. The van der Waals surface area contributed by atoms with Crippen molar-refractivity contribution in [3.63, 3.8) is 0 Å². The molecule has 0 bridgehead atoms. The predicted molar refractivity (Wildman–Crippen MR) is 80.2 cm³/mol. The van der Waals surface area contributed by atoms with E-state index < -0.39 is 5.97 Å². The lowest BCUT2D eigenvalue weighted by atomic mass is 9.95. The highest BCUT2D eigenvalue weighted by molar-refractivity contribution is 5.87. The average molecular weight is 290 g/mol. The standard InChI is InChI=1S/C16H22N2O3/c1-11(2)14-7-8-18(10-14)16(21)17-9-12-3-5-13(6-4-12)15(19)20/h3-6,11,14H,7-10H2,1-2H3,(H,17,21)(H,19,20). The quantitative estimate of drug-likeness (QED) is 0.895. The van der Waals surface area contributed by atoms with Crippen molar-refractivity contribution in [1.29, 1.82) is 0 Å². The van der Waals surface area contributed by atoms with E-state index in [1.165, 1.54) is 0 Å². The molecule has 5 nitrogen and oxygen atoms in total. The number of nitrogens with one attached hydrogen (secondary N) is 1. The molecule has 1 aromatic carbocycles. The lowest BCUT2D eigenvalue weighted by Crippen LogP contribution is -2.38. The Kier molecular flexibility index (Phi) is 4.83. The first-order valence-corrected chi connectivity index (χ1v) is 7.32. The fourth-order valence-electron chi connectivity index (χ4n) is 2.57. The van der Waals surface area contributed by atoms with Gasteiger partial charge < -0.3 is 15.3 Å². The Hall–Kier alpha value is -2.04. The first-order chi connectivity index (χ1) is 9.97. The molecule has 1 fully saturated rings. The molecule has 0 saturated carbocycles. The summed E-state index contributed by atoms with van der Waals surface area (Å²) in [5, 5.41) is 11.7. The third kappa shape index (κ3) is 3.97. The van der Waals surface area contributed by atoms with Crippen LogP contribution in [-0.4, -0.2) is 35.1 Å². The molecule has 1 aliphatic heterocycles. The van der Waals surface area contributed by atoms with Gasteiger partial charge in [0, 0.05) is 19.6 Å². The van der Waals surface area contributed by atoms with Gasteiger partial charge >= 0.3 is 12.0 Å². The maximum Gasteiger partial charge on any atom is 0.335 e. The Labute approximate surface area is 125 Å². The molecule has 2 rings (SSSR count). The first kappa shape index (κ1) is 15.4. The molecule has 2 N–H and O–H groups in total. The minimum Gasteiger partial charge on any atom is -0.478 e. The second-order valence-corrected chi connectivity index (χ2v) is 5.90. The molecule has 1 saturated heterocycles. The molecule has 0 aromatic heterocycles. The molecule has 1 aliphatic rings. The van der Waals surface area contributed by atoms with Gasteiger partial charge in [-0.15, -0.1) is 0 Å².